The first-order valence-electron chi connectivity index (χ1n) is 7.04. The highest BCUT2D eigenvalue weighted by molar-refractivity contribution is 5.53. The molecular formula is C16H17F3N2. The molecule has 5 heteroatoms. The van der Waals surface area contributed by atoms with Crippen LogP contribution < -0.4 is 5.32 Å². The van der Waals surface area contributed by atoms with E-state index in [0.29, 0.717) is 12.2 Å². The number of rotatable bonds is 4. The van der Waals surface area contributed by atoms with Crippen molar-refractivity contribution < 1.29 is 13.2 Å². The number of anilines is 1. The Labute approximate surface area is 122 Å². The van der Waals surface area contributed by atoms with Gasteiger partial charge in [-0.05, 0) is 50.3 Å². The van der Waals surface area contributed by atoms with Crippen LogP contribution in [0.25, 0.3) is 0 Å². The van der Waals surface area contributed by atoms with Crippen molar-refractivity contribution in [1.29, 1.82) is 5.26 Å². The maximum absolute atomic E-state index is 12.7. The molecule has 0 atom stereocenters. The van der Waals surface area contributed by atoms with Crippen LogP contribution in [0.3, 0.4) is 0 Å². The molecule has 0 saturated heterocycles. The summed E-state index contributed by atoms with van der Waals surface area (Å²) >= 11 is 0. The number of hydrogen-bond donors (Lipinski definition) is 1. The second-order valence-corrected chi connectivity index (χ2v) is 5.15. The zero-order chi connectivity index (χ0) is 15.3. The first-order chi connectivity index (χ1) is 10.0. The maximum atomic E-state index is 12.7. The van der Waals surface area contributed by atoms with Crippen LogP contribution in [0.2, 0.25) is 0 Å². The molecule has 1 aromatic carbocycles. The van der Waals surface area contributed by atoms with Gasteiger partial charge in [-0.25, -0.2) is 0 Å². The van der Waals surface area contributed by atoms with Crippen LogP contribution in [0.1, 0.15) is 43.2 Å². The van der Waals surface area contributed by atoms with Crippen molar-refractivity contribution in [2.24, 2.45) is 0 Å². The lowest BCUT2D eigenvalue weighted by Crippen LogP contribution is -2.09. The van der Waals surface area contributed by atoms with Gasteiger partial charge in [0.15, 0.2) is 0 Å². The van der Waals surface area contributed by atoms with Gasteiger partial charge < -0.3 is 5.32 Å². The van der Waals surface area contributed by atoms with E-state index in [2.05, 4.69) is 11.4 Å². The molecule has 1 N–H and O–H groups in total. The fourth-order valence-electron chi connectivity index (χ4n) is 2.49. The minimum atomic E-state index is -4.49. The minimum absolute atomic E-state index is 0.343. The van der Waals surface area contributed by atoms with Crippen molar-refractivity contribution in [1.82, 2.24) is 0 Å². The summed E-state index contributed by atoms with van der Waals surface area (Å²) < 4.78 is 38.0. The van der Waals surface area contributed by atoms with Crippen molar-refractivity contribution >= 4 is 5.69 Å². The van der Waals surface area contributed by atoms with E-state index >= 15 is 0 Å². The van der Waals surface area contributed by atoms with E-state index in [0.717, 1.165) is 25.3 Å². The van der Waals surface area contributed by atoms with Crippen LogP contribution in [0.4, 0.5) is 18.9 Å². The number of nitriles is 1. The molecule has 112 valence electrons. The summed E-state index contributed by atoms with van der Waals surface area (Å²) in [6.45, 7) is 0.669. The number of nitrogens with zero attached hydrogens (tertiary/aromatic N) is 1. The van der Waals surface area contributed by atoms with Crippen molar-refractivity contribution in [2.75, 3.05) is 11.9 Å². The Hall–Kier alpha value is -1.96. The van der Waals surface area contributed by atoms with E-state index in [-0.39, 0.29) is 5.56 Å². The molecule has 21 heavy (non-hydrogen) atoms. The van der Waals surface area contributed by atoms with Gasteiger partial charge in [-0.1, -0.05) is 11.6 Å². The molecule has 1 aliphatic rings. The third kappa shape index (κ3) is 4.25. The smallest absolute Gasteiger partial charge is 0.385 e. The van der Waals surface area contributed by atoms with Gasteiger partial charge in [0.1, 0.15) is 0 Å². The number of halogens is 3. The van der Waals surface area contributed by atoms with Gasteiger partial charge in [-0.2, -0.15) is 18.4 Å². The fraction of sp³-hybridized carbons (Fsp3) is 0.438. The Morgan fingerprint density at radius 1 is 1.24 bits per heavy atom. The zero-order valence-electron chi connectivity index (χ0n) is 11.6. The Balaban J connectivity index is 1.98. The van der Waals surface area contributed by atoms with E-state index < -0.39 is 11.7 Å². The molecule has 0 aromatic heterocycles. The molecule has 0 spiro atoms. The lowest BCUT2D eigenvalue weighted by molar-refractivity contribution is -0.137. The van der Waals surface area contributed by atoms with Crippen molar-refractivity contribution in [3.63, 3.8) is 0 Å². The Morgan fingerprint density at radius 2 is 2.05 bits per heavy atom. The van der Waals surface area contributed by atoms with Crippen LogP contribution in [0.15, 0.2) is 29.8 Å². The number of allylic oxidation sites excluding steroid dienone is 1. The van der Waals surface area contributed by atoms with Gasteiger partial charge in [-0.15, -0.1) is 0 Å². The lowest BCUT2D eigenvalue weighted by Gasteiger charge is -2.14. The second-order valence-electron chi connectivity index (χ2n) is 5.15. The summed E-state index contributed by atoms with van der Waals surface area (Å²) in [4.78, 5) is 0. The fourth-order valence-corrected chi connectivity index (χ4v) is 2.49. The quantitative estimate of drug-likeness (QED) is 0.803. The molecule has 0 heterocycles. The topological polar surface area (TPSA) is 35.8 Å². The third-order valence-corrected chi connectivity index (χ3v) is 3.61. The highest BCUT2D eigenvalue weighted by Crippen LogP contribution is 2.33. The highest BCUT2D eigenvalue weighted by atomic mass is 19.4. The van der Waals surface area contributed by atoms with Crippen molar-refractivity contribution in [2.45, 2.75) is 38.3 Å². The molecule has 0 radical (unpaired) electrons. The van der Waals surface area contributed by atoms with E-state index in [9.17, 15) is 13.2 Å². The van der Waals surface area contributed by atoms with Gasteiger partial charge >= 0.3 is 6.18 Å². The molecule has 0 unspecified atom stereocenters. The first-order valence-corrected chi connectivity index (χ1v) is 7.04. The number of hydrogen-bond acceptors (Lipinski definition) is 2. The molecular weight excluding hydrogens is 277 g/mol. The third-order valence-electron chi connectivity index (χ3n) is 3.61. The van der Waals surface area contributed by atoms with Crippen LogP contribution in [-0.2, 0) is 6.18 Å². The molecule has 0 fully saturated rings. The Bertz CT molecular complexity index is 568. The predicted octanol–water partition coefficient (Wildman–Crippen LogP) is 4.88. The Kier molecular flexibility index (Phi) is 4.89. The largest absolute Gasteiger partial charge is 0.417 e. The number of alkyl halides is 3. The number of benzene rings is 1. The molecule has 1 aliphatic carbocycles. The average Bonchev–Trinajstić information content (AvgIpc) is 2.47. The van der Waals surface area contributed by atoms with E-state index in [1.54, 1.807) is 6.07 Å². The van der Waals surface area contributed by atoms with Crippen LogP contribution in [-0.4, -0.2) is 6.54 Å². The van der Waals surface area contributed by atoms with Gasteiger partial charge in [0, 0.05) is 12.2 Å². The minimum Gasteiger partial charge on any atom is -0.385 e. The molecule has 0 aliphatic heterocycles. The van der Waals surface area contributed by atoms with Gasteiger partial charge in [-0.3, -0.25) is 0 Å². The van der Waals surface area contributed by atoms with Crippen LogP contribution >= 0.6 is 0 Å². The van der Waals surface area contributed by atoms with Crippen molar-refractivity contribution in [3.8, 4) is 6.07 Å². The lowest BCUT2D eigenvalue weighted by atomic mass is 9.97. The van der Waals surface area contributed by atoms with Crippen LogP contribution in [0.5, 0.6) is 0 Å². The zero-order valence-corrected chi connectivity index (χ0v) is 11.6. The van der Waals surface area contributed by atoms with Gasteiger partial charge in [0.05, 0.1) is 17.2 Å². The number of nitrogens with one attached hydrogen (secondary N) is 1. The van der Waals surface area contributed by atoms with Crippen LogP contribution in [0, 0.1) is 11.3 Å². The first kappa shape index (κ1) is 15.4. The summed E-state index contributed by atoms with van der Waals surface area (Å²) in [6.07, 6.45) is 3.33. The summed E-state index contributed by atoms with van der Waals surface area (Å²) in [7, 11) is 0. The monoisotopic (exact) mass is 294 g/mol. The van der Waals surface area contributed by atoms with Crippen molar-refractivity contribution in [3.05, 3.63) is 41.0 Å². The second kappa shape index (κ2) is 6.66. The highest BCUT2D eigenvalue weighted by Gasteiger charge is 2.33. The molecule has 2 rings (SSSR count). The molecule has 2 nitrogen and oxygen atoms in total. The van der Waals surface area contributed by atoms with E-state index in [1.807, 2.05) is 0 Å². The molecule has 1 aromatic rings. The summed E-state index contributed by atoms with van der Waals surface area (Å²) in [5.74, 6) is 0. The summed E-state index contributed by atoms with van der Waals surface area (Å²) in [6, 6.07) is 5.21. The summed E-state index contributed by atoms with van der Waals surface area (Å²) in [5, 5.41) is 11.9. The SMILES string of the molecule is N#Cc1cc(NCCC2=CCCCC2)ccc1C(F)(F)F. The summed E-state index contributed by atoms with van der Waals surface area (Å²) in [5.41, 5.74) is 0.729. The Morgan fingerprint density at radius 3 is 2.67 bits per heavy atom. The standard InChI is InChI=1S/C16H17F3N2/c17-16(18,19)15-7-6-14(10-13(15)11-20)21-9-8-12-4-2-1-3-5-12/h4,6-7,10,21H,1-3,5,8-9H2. The average molecular weight is 294 g/mol. The maximum Gasteiger partial charge on any atom is 0.417 e. The van der Waals surface area contributed by atoms with E-state index in [1.165, 1.54) is 30.5 Å². The van der Waals surface area contributed by atoms with Gasteiger partial charge in [0.25, 0.3) is 0 Å². The van der Waals surface area contributed by atoms with Gasteiger partial charge in [0.2, 0.25) is 0 Å². The molecule has 0 bridgehead atoms. The predicted molar refractivity (Wildman–Crippen MR) is 75.8 cm³/mol. The molecule has 0 saturated carbocycles. The normalized spacial score (nSPS) is 15.2. The molecule has 0 amide bonds. The van der Waals surface area contributed by atoms with E-state index in [4.69, 9.17) is 5.26 Å².